The van der Waals surface area contributed by atoms with Crippen LogP contribution in [0.2, 0.25) is 0 Å². The molecule has 1 saturated heterocycles. The molecule has 2 aromatic rings. The molecule has 1 unspecified atom stereocenters. The van der Waals surface area contributed by atoms with Crippen molar-refractivity contribution in [3.8, 4) is 0 Å². The summed E-state index contributed by atoms with van der Waals surface area (Å²) in [6.45, 7) is 4.16. The summed E-state index contributed by atoms with van der Waals surface area (Å²) in [4.78, 5) is 12.5. The minimum Gasteiger partial charge on any atom is -0.376 e. The number of amides is 1. The van der Waals surface area contributed by atoms with Crippen molar-refractivity contribution in [3.63, 3.8) is 0 Å². The van der Waals surface area contributed by atoms with Crippen LogP contribution in [-0.4, -0.2) is 38.7 Å². The van der Waals surface area contributed by atoms with Crippen molar-refractivity contribution >= 4 is 21.6 Å². The molecule has 0 spiro atoms. The van der Waals surface area contributed by atoms with E-state index in [9.17, 15) is 13.2 Å². The normalized spacial score (nSPS) is 17.2. The highest BCUT2D eigenvalue weighted by Gasteiger charge is 2.26. The van der Waals surface area contributed by atoms with E-state index in [1.165, 1.54) is 13.0 Å². The summed E-state index contributed by atoms with van der Waals surface area (Å²) in [5.41, 5.74) is 0.688. The molecule has 1 fully saturated rings. The number of nitrogens with zero attached hydrogens (tertiary/aromatic N) is 1. The summed E-state index contributed by atoms with van der Waals surface area (Å²) in [6, 6.07) is 6.43. The number of ether oxygens (including phenoxy) is 1. The van der Waals surface area contributed by atoms with Crippen LogP contribution >= 0.6 is 0 Å². The van der Waals surface area contributed by atoms with Gasteiger partial charge in [-0.25, -0.2) is 8.42 Å². The van der Waals surface area contributed by atoms with Crippen LogP contribution in [-0.2, 0) is 14.8 Å². The largest absolute Gasteiger partial charge is 0.376 e. The monoisotopic (exact) mass is 379 g/mol. The lowest BCUT2D eigenvalue weighted by molar-refractivity contribution is 0.0858. The van der Waals surface area contributed by atoms with Crippen LogP contribution in [0.25, 0.3) is 0 Å². The van der Waals surface area contributed by atoms with Gasteiger partial charge in [-0.05, 0) is 38.8 Å². The smallest absolute Gasteiger partial charge is 0.267 e. The molecule has 1 aromatic heterocycles. The second-order valence-electron chi connectivity index (χ2n) is 6.15. The molecule has 3 rings (SSSR count). The molecule has 1 atom stereocenters. The van der Waals surface area contributed by atoms with Crippen LogP contribution in [0, 0.1) is 13.8 Å². The first-order valence-corrected chi connectivity index (χ1v) is 9.81. The first-order valence-electron chi connectivity index (χ1n) is 8.33. The standard InChI is InChI=1S/C17H21N3O5S/c1-11-16(12(2)25-19-11)26(22,23)20-15-8-4-3-7-14(15)17(21)18-10-13-6-5-9-24-13/h3-4,7-8,13,20H,5-6,9-10H2,1-2H3,(H,18,21). The van der Waals surface area contributed by atoms with Crippen LogP contribution in [0.4, 0.5) is 5.69 Å². The number of hydrogen-bond donors (Lipinski definition) is 2. The molecule has 1 aliphatic heterocycles. The Morgan fingerprint density at radius 3 is 2.73 bits per heavy atom. The van der Waals surface area contributed by atoms with Crippen molar-refractivity contribution in [1.29, 1.82) is 0 Å². The van der Waals surface area contributed by atoms with Crippen molar-refractivity contribution in [2.75, 3.05) is 17.9 Å². The van der Waals surface area contributed by atoms with Gasteiger partial charge < -0.3 is 14.6 Å². The number of nitrogens with one attached hydrogen (secondary N) is 2. The highest BCUT2D eigenvalue weighted by atomic mass is 32.2. The van der Waals surface area contributed by atoms with Crippen LogP contribution in [0.5, 0.6) is 0 Å². The topological polar surface area (TPSA) is 111 Å². The zero-order valence-corrected chi connectivity index (χ0v) is 15.4. The first-order chi connectivity index (χ1) is 12.4. The van der Waals surface area contributed by atoms with Crippen molar-refractivity contribution in [2.45, 2.75) is 37.7 Å². The van der Waals surface area contributed by atoms with Gasteiger partial charge in [0, 0.05) is 13.2 Å². The molecule has 2 heterocycles. The number of rotatable bonds is 6. The Labute approximate surface area is 152 Å². The molecule has 26 heavy (non-hydrogen) atoms. The summed E-state index contributed by atoms with van der Waals surface area (Å²) >= 11 is 0. The fourth-order valence-corrected chi connectivity index (χ4v) is 4.34. The lowest BCUT2D eigenvalue weighted by Crippen LogP contribution is -2.32. The summed E-state index contributed by atoms with van der Waals surface area (Å²) in [6.07, 6.45) is 1.89. The number of hydrogen-bond acceptors (Lipinski definition) is 6. The predicted molar refractivity (Wildman–Crippen MR) is 94.5 cm³/mol. The van der Waals surface area contributed by atoms with Gasteiger partial charge in [-0.3, -0.25) is 9.52 Å². The second kappa shape index (κ2) is 7.46. The maximum atomic E-state index is 12.7. The average molecular weight is 379 g/mol. The molecule has 0 saturated carbocycles. The molecule has 9 heteroatoms. The van der Waals surface area contributed by atoms with E-state index in [1.54, 1.807) is 25.1 Å². The minimum atomic E-state index is -3.93. The summed E-state index contributed by atoms with van der Waals surface area (Å²) in [7, 11) is -3.93. The van der Waals surface area contributed by atoms with Crippen molar-refractivity contribution in [3.05, 3.63) is 41.3 Å². The molecular formula is C17H21N3O5S. The number of aromatic nitrogens is 1. The molecule has 0 radical (unpaired) electrons. The zero-order valence-electron chi connectivity index (χ0n) is 14.6. The van der Waals surface area contributed by atoms with Gasteiger partial charge >= 0.3 is 0 Å². The third-order valence-corrected chi connectivity index (χ3v) is 5.78. The molecule has 1 amide bonds. The van der Waals surface area contributed by atoms with Crippen LogP contribution in [0.15, 0.2) is 33.7 Å². The number of benzene rings is 1. The van der Waals surface area contributed by atoms with Crippen molar-refractivity contribution in [2.24, 2.45) is 0 Å². The Morgan fingerprint density at radius 2 is 2.08 bits per heavy atom. The van der Waals surface area contributed by atoms with E-state index in [4.69, 9.17) is 9.26 Å². The highest BCUT2D eigenvalue weighted by molar-refractivity contribution is 7.92. The zero-order chi connectivity index (χ0) is 18.7. The number of carbonyl (C=O) groups is 1. The maximum absolute atomic E-state index is 12.7. The Bertz CT molecular complexity index is 881. The predicted octanol–water partition coefficient (Wildman–Crippen LogP) is 2.00. The van der Waals surface area contributed by atoms with Gasteiger partial charge in [-0.2, -0.15) is 0 Å². The second-order valence-corrected chi connectivity index (χ2v) is 7.77. The van der Waals surface area contributed by atoms with E-state index in [0.717, 1.165) is 12.8 Å². The Morgan fingerprint density at radius 1 is 1.31 bits per heavy atom. The minimum absolute atomic E-state index is 0.00473. The van der Waals surface area contributed by atoms with Crippen molar-refractivity contribution < 1.29 is 22.5 Å². The number of sulfonamides is 1. The van der Waals surface area contributed by atoms with Gasteiger partial charge in [-0.1, -0.05) is 17.3 Å². The lowest BCUT2D eigenvalue weighted by atomic mass is 10.1. The van der Waals surface area contributed by atoms with Gasteiger partial charge in [0.2, 0.25) is 0 Å². The van der Waals surface area contributed by atoms with E-state index in [1.807, 2.05) is 0 Å². The van der Waals surface area contributed by atoms with E-state index in [2.05, 4.69) is 15.2 Å². The Balaban J connectivity index is 1.79. The van der Waals surface area contributed by atoms with Crippen LogP contribution < -0.4 is 10.0 Å². The molecule has 0 aliphatic carbocycles. The number of para-hydroxylation sites is 1. The van der Waals surface area contributed by atoms with E-state index in [-0.39, 0.29) is 39.6 Å². The summed E-state index contributed by atoms with van der Waals surface area (Å²) in [5, 5.41) is 6.46. The van der Waals surface area contributed by atoms with E-state index < -0.39 is 10.0 Å². The number of anilines is 1. The van der Waals surface area contributed by atoms with Gasteiger partial charge in [0.05, 0.1) is 17.4 Å². The lowest BCUT2D eigenvalue weighted by Gasteiger charge is -2.14. The molecule has 8 nitrogen and oxygen atoms in total. The average Bonchev–Trinajstić information content (AvgIpc) is 3.22. The van der Waals surface area contributed by atoms with Crippen LogP contribution in [0.3, 0.4) is 0 Å². The maximum Gasteiger partial charge on any atom is 0.267 e. The van der Waals surface area contributed by atoms with E-state index in [0.29, 0.717) is 13.2 Å². The third-order valence-electron chi connectivity index (χ3n) is 4.17. The summed E-state index contributed by atoms with van der Waals surface area (Å²) < 4.78 is 38.2. The third kappa shape index (κ3) is 3.88. The fourth-order valence-electron chi connectivity index (χ4n) is 2.93. The molecule has 1 aliphatic rings. The SMILES string of the molecule is Cc1noc(C)c1S(=O)(=O)Nc1ccccc1C(=O)NCC1CCCO1. The molecule has 2 N–H and O–H groups in total. The van der Waals surface area contributed by atoms with E-state index >= 15 is 0 Å². The quantitative estimate of drug-likeness (QED) is 0.794. The van der Waals surface area contributed by atoms with Crippen molar-refractivity contribution in [1.82, 2.24) is 10.5 Å². The first kappa shape index (κ1) is 18.4. The molecule has 1 aromatic carbocycles. The highest BCUT2D eigenvalue weighted by Crippen LogP contribution is 2.24. The molecule has 140 valence electrons. The number of aryl methyl sites for hydroxylation is 2. The summed E-state index contributed by atoms with van der Waals surface area (Å²) in [5.74, 6) is -0.173. The van der Waals surface area contributed by atoms with Crippen LogP contribution in [0.1, 0.15) is 34.7 Å². The van der Waals surface area contributed by atoms with Gasteiger partial charge in [-0.15, -0.1) is 0 Å². The number of carbonyl (C=O) groups excluding carboxylic acids is 1. The van der Waals surface area contributed by atoms with Gasteiger partial charge in [0.15, 0.2) is 10.7 Å². The Kier molecular flexibility index (Phi) is 5.28. The molecular weight excluding hydrogens is 358 g/mol. The Hall–Kier alpha value is -2.39. The van der Waals surface area contributed by atoms with Gasteiger partial charge in [0.25, 0.3) is 15.9 Å². The molecule has 0 bridgehead atoms. The fraction of sp³-hybridized carbons (Fsp3) is 0.412. The van der Waals surface area contributed by atoms with Gasteiger partial charge in [0.1, 0.15) is 5.69 Å².